The summed E-state index contributed by atoms with van der Waals surface area (Å²) in [7, 11) is -7.22. The van der Waals surface area contributed by atoms with Crippen LogP contribution in [-0.2, 0) is 19.7 Å². The molecule has 0 fully saturated rings. The first kappa shape index (κ1) is 20.1. The van der Waals surface area contributed by atoms with E-state index >= 15 is 0 Å². The van der Waals surface area contributed by atoms with Gasteiger partial charge in [-0.3, -0.25) is 0 Å². The maximum absolute atomic E-state index is 12.2. The van der Waals surface area contributed by atoms with Crippen LogP contribution in [0.15, 0.2) is 51.6 Å². The van der Waals surface area contributed by atoms with E-state index in [-0.39, 0.29) is 27.6 Å². The van der Waals surface area contributed by atoms with E-state index in [9.17, 15) is 16.8 Å². The number of fused-ring (bicyclic) bond motifs is 1. The highest BCUT2D eigenvalue weighted by atomic mass is 32.2. The van der Waals surface area contributed by atoms with Crippen LogP contribution in [0.1, 0.15) is 22.3 Å². The second kappa shape index (κ2) is 7.40. The topological polar surface area (TPSA) is 132 Å². The number of hydrogen-bond acceptors (Lipinski definition) is 7. The van der Waals surface area contributed by atoms with Crippen LogP contribution in [0.4, 0.5) is 0 Å². The number of nitrogens with one attached hydrogen (secondary N) is 1. The van der Waals surface area contributed by atoms with Gasteiger partial charge in [-0.25, -0.2) is 16.8 Å². The average molecular weight is 425 g/mol. The van der Waals surface area contributed by atoms with Crippen LogP contribution in [0.2, 0.25) is 0 Å². The zero-order valence-electron chi connectivity index (χ0n) is 15.0. The molecule has 0 aliphatic carbocycles. The molecule has 1 aliphatic heterocycles. The normalized spacial score (nSPS) is 13.8. The lowest BCUT2D eigenvalue weighted by molar-refractivity contribution is 0.601. The van der Waals surface area contributed by atoms with Crippen LogP contribution >= 0.6 is 0 Å². The first-order valence-electron chi connectivity index (χ1n) is 8.07. The van der Waals surface area contributed by atoms with Crippen molar-refractivity contribution in [2.75, 3.05) is 12.9 Å². The largest absolute Gasteiger partial charge is 0.337 e. The molecule has 0 aromatic heterocycles. The molecule has 29 heavy (non-hydrogen) atoms. The molecule has 1 heterocycles. The molecule has 0 unspecified atom stereocenters. The van der Waals surface area contributed by atoms with Gasteiger partial charge < -0.3 is 5.32 Å². The summed E-state index contributed by atoms with van der Waals surface area (Å²) < 4.78 is 48.0. The van der Waals surface area contributed by atoms with Crippen molar-refractivity contribution >= 4 is 25.4 Å². The van der Waals surface area contributed by atoms with Crippen molar-refractivity contribution in [1.82, 2.24) is 5.32 Å². The van der Waals surface area contributed by atoms with Crippen LogP contribution in [0.3, 0.4) is 0 Å². The van der Waals surface area contributed by atoms with E-state index < -0.39 is 19.7 Å². The standard InChI is InChI=1S/C19H13N4O4S2/c1-28(24,25)18-7-14(2-4-15(18)9-21)10-22-12-23-17-11-29(26,27)19-6-13(8-20)3-5-16(17)19/h2-7,11,23H,12H2,1H3/q+1. The third-order valence-electron chi connectivity index (χ3n) is 4.04. The molecule has 2 aromatic carbocycles. The van der Waals surface area contributed by atoms with Crippen LogP contribution < -0.4 is 5.32 Å². The van der Waals surface area contributed by atoms with Gasteiger partial charge in [-0.1, -0.05) is 10.9 Å². The Morgan fingerprint density at radius 3 is 2.45 bits per heavy atom. The van der Waals surface area contributed by atoms with Gasteiger partial charge in [0, 0.05) is 11.8 Å². The van der Waals surface area contributed by atoms with Crippen LogP contribution in [0.5, 0.6) is 0 Å². The molecule has 0 radical (unpaired) electrons. The molecule has 8 nitrogen and oxygen atoms in total. The zero-order valence-corrected chi connectivity index (χ0v) is 16.7. The highest BCUT2D eigenvalue weighted by molar-refractivity contribution is 7.95. The molecular weight excluding hydrogens is 412 g/mol. The maximum Gasteiger partial charge on any atom is 0.337 e. The SMILES string of the molecule is CS(=O)(=O)c1cc(C#[N+]CNC2=CS(=O)(=O)c3cc(C#N)ccc32)ccc1C#N. The van der Waals surface area contributed by atoms with Gasteiger partial charge in [-0.05, 0) is 30.3 Å². The number of hydrogen-bond donors (Lipinski definition) is 1. The Morgan fingerprint density at radius 2 is 1.79 bits per heavy atom. The van der Waals surface area contributed by atoms with E-state index in [1.165, 1.54) is 30.3 Å². The van der Waals surface area contributed by atoms with Gasteiger partial charge in [0.1, 0.15) is 11.6 Å². The smallest absolute Gasteiger partial charge is 0.314 e. The van der Waals surface area contributed by atoms with E-state index in [4.69, 9.17) is 10.5 Å². The van der Waals surface area contributed by atoms with E-state index in [2.05, 4.69) is 16.2 Å². The molecule has 1 aliphatic rings. The molecule has 1 N–H and O–H groups in total. The molecule has 144 valence electrons. The Hall–Kier alpha value is -3.65. The monoisotopic (exact) mass is 425 g/mol. The summed E-state index contributed by atoms with van der Waals surface area (Å²) in [5.74, 6) is 0. The van der Waals surface area contributed by atoms with Gasteiger partial charge in [-0.15, -0.1) is 0 Å². The summed E-state index contributed by atoms with van der Waals surface area (Å²) in [4.78, 5) is 3.95. The van der Waals surface area contributed by atoms with E-state index in [1.54, 1.807) is 6.07 Å². The van der Waals surface area contributed by atoms with Gasteiger partial charge in [0.25, 0.3) is 0 Å². The second-order valence-electron chi connectivity index (χ2n) is 6.10. The Bertz CT molecular complexity index is 1420. The fourth-order valence-corrected chi connectivity index (χ4v) is 4.99. The average Bonchev–Trinajstić information content (AvgIpc) is 2.94. The highest BCUT2D eigenvalue weighted by Gasteiger charge is 2.27. The Kier molecular flexibility index (Phi) is 5.13. The van der Waals surface area contributed by atoms with E-state index in [1.807, 2.05) is 12.1 Å². The van der Waals surface area contributed by atoms with E-state index in [0.29, 0.717) is 16.8 Å². The minimum atomic E-state index is -3.64. The maximum atomic E-state index is 12.2. The highest BCUT2D eigenvalue weighted by Crippen LogP contribution is 2.32. The lowest BCUT2D eigenvalue weighted by Gasteiger charge is -2.02. The summed E-state index contributed by atoms with van der Waals surface area (Å²) in [6, 6.07) is 15.0. The van der Waals surface area contributed by atoms with Crippen LogP contribution in [0.25, 0.3) is 10.5 Å². The first-order chi connectivity index (χ1) is 13.7. The number of benzene rings is 2. The molecule has 0 saturated carbocycles. The molecule has 10 heteroatoms. The first-order valence-corrected chi connectivity index (χ1v) is 11.5. The lowest BCUT2D eigenvalue weighted by atomic mass is 10.1. The van der Waals surface area contributed by atoms with Crippen molar-refractivity contribution in [3.8, 4) is 18.2 Å². The molecule has 0 amide bonds. The number of sulfone groups is 2. The van der Waals surface area contributed by atoms with Crippen molar-refractivity contribution in [1.29, 1.82) is 10.5 Å². The van der Waals surface area contributed by atoms with Crippen molar-refractivity contribution in [3.63, 3.8) is 0 Å². The second-order valence-corrected chi connectivity index (χ2v) is 9.85. The fourth-order valence-electron chi connectivity index (χ4n) is 2.72. The van der Waals surface area contributed by atoms with Crippen molar-refractivity contribution < 1.29 is 16.8 Å². The Balaban J connectivity index is 1.81. The number of rotatable bonds is 3. The zero-order chi connectivity index (χ0) is 21.2. The summed E-state index contributed by atoms with van der Waals surface area (Å²) in [6.45, 7) is -0.0188. The molecule has 3 rings (SSSR count). The van der Waals surface area contributed by atoms with Crippen LogP contribution in [-0.4, -0.2) is 29.8 Å². The van der Waals surface area contributed by atoms with Crippen molar-refractivity contribution in [3.05, 3.63) is 68.9 Å². The van der Waals surface area contributed by atoms with Gasteiger partial charge in [0.2, 0.25) is 9.84 Å². The summed E-state index contributed by atoms with van der Waals surface area (Å²) in [5.41, 5.74) is 1.42. The molecule has 0 spiro atoms. The van der Waals surface area contributed by atoms with Crippen LogP contribution in [0, 0.1) is 28.7 Å². The quantitative estimate of drug-likeness (QED) is 0.793. The van der Waals surface area contributed by atoms with Crippen molar-refractivity contribution in [2.45, 2.75) is 9.79 Å². The number of nitriles is 2. The molecule has 2 aromatic rings. The third kappa shape index (κ3) is 4.12. The van der Waals surface area contributed by atoms with E-state index in [0.717, 1.165) is 11.7 Å². The van der Waals surface area contributed by atoms with Crippen molar-refractivity contribution in [2.24, 2.45) is 0 Å². The van der Waals surface area contributed by atoms with Gasteiger partial charge in [0.15, 0.2) is 9.84 Å². The molecule has 0 bridgehead atoms. The molecular formula is C19H13N4O4S2+. The minimum absolute atomic E-state index is 0.0188. The summed E-state index contributed by atoms with van der Waals surface area (Å²) in [5, 5.41) is 21.9. The Labute approximate surface area is 168 Å². The van der Waals surface area contributed by atoms with Gasteiger partial charge in [0.05, 0.1) is 38.1 Å². The summed E-state index contributed by atoms with van der Waals surface area (Å²) >= 11 is 0. The third-order valence-corrected chi connectivity index (χ3v) is 6.67. The molecule has 0 atom stereocenters. The molecule has 0 saturated heterocycles. The predicted molar refractivity (Wildman–Crippen MR) is 105 cm³/mol. The lowest BCUT2D eigenvalue weighted by Crippen LogP contribution is -2.09. The van der Waals surface area contributed by atoms with Gasteiger partial charge >= 0.3 is 12.7 Å². The number of nitrogens with zero attached hydrogens (tertiary/aromatic N) is 3. The predicted octanol–water partition coefficient (Wildman–Crippen LogP) is 1.85. The minimum Gasteiger partial charge on any atom is -0.314 e. The summed E-state index contributed by atoms with van der Waals surface area (Å²) in [6.07, 6.45) is 1.01. The fraction of sp³-hybridized carbons (Fsp3) is 0.105. The Morgan fingerprint density at radius 1 is 1.07 bits per heavy atom. The van der Waals surface area contributed by atoms with Gasteiger partial charge in [-0.2, -0.15) is 10.5 Å².